The van der Waals surface area contributed by atoms with Crippen molar-refractivity contribution in [3.63, 3.8) is 0 Å². The molecule has 0 aliphatic carbocycles. The van der Waals surface area contributed by atoms with Crippen molar-refractivity contribution in [3.8, 4) is 0 Å². The highest BCUT2D eigenvalue weighted by molar-refractivity contribution is 7.89. The Labute approximate surface area is 114 Å². The van der Waals surface area contributed by atoms with Crippen molar-refractivity contribution < 1.29 is 22.7 Å². The molecule has 104 valence electrons. The molecule has 0 radical (unpaired) electrons. The number of rotatable bonds is 3. The van der Waals surface area contributed by atoms with E-state index < -0.39 is 32.7 Å². The molecular formula is C11H11ClFNO4S. The maximum Gasteiger partial charge on any atom is 0.322 e. The molecule has 2 rings (SSSR count). The molecule has 0 saturated carbocycles. The van der Waals surface area contributed by atoms with Crippen molar-refractivity contribution in [1.82, 2.24) is 4.31 Å². The highest BCUT2D eigenvalue weighted by Crippen LogP contribution is 2.29. The molecule has 0 amide bonds. The van der Waals surface area contributed by atoms with Gasteiger partial charge in [0, 0.05) is 6.54 Å². The van der Waals surface area contributed by atoms with Gasteiger partial charge in [-0.05, 0) is 25.0 Å². The average molecular weight is 308 g/mol. The molecule has 1 heterocycles. The van der Waals surface area contributed by atoms with Gasteiger partial charge in [-0.3, -0.25) is 4.79 Å². The van der Waals surface area contributed by atoms with Crippen molar-refractivity contribution in [3.05, 3.63) is 29.0 Å². The highest BCUT2D eigenvalue weighted by atomic mass is 35.5. The van der Waals surface area contributed by atoms with Crippen LogP contribution in [-0.2, 0) is 14.8 Å². The summed E-state index contributed by atoms with van der Waals surface area (Å²) in [5.41, 5.74) is 0. The highest BCUT2D eigenvalue weighted by Gasteiger charge is 2.40. The summed E-state index contributed by atoms with van der Waals surface area (Å²) < 4.78 is 39.2. The monoisotopic (exact) mass is 307 g/mol. The normalized spacial score (nSPS) is 20.6. The molecule has 19 heavy (non-hydrogen) atoms. The van der Waals surface area contributed by atoms with Crippen LogP contribution in [0.2, 0.25) is 5.02 Å². The van der Waals surface area contributed by atoms with Crippen molar-refractivity contribution in [1.29, 1.82) is 0 Å². The zero-order chi connectivity index (χ0) is 14.2. The van der Waals surface area contributed by atoms with Gasteiger partial charge in [-0.2, -0.15) is 4.31 Å². The van der Waals surface area contributed by atoms with E-state index in [2.05, 4.69) is 0 Å². The van der Waals surface area contributed by atoms with E-state index in [1.54, 1.807) is 0 Å². The Kier molecular flexibility index (Phi) is 3.80. The summed E-state index contributed by atoms with van der Waals surface area (Å²) >= 11 is 5.55. The van der Waals surface area contributed by atoms with Crippen LogP contribution in [0.4, 0.5) is 4.39 Å². The van der Waals surface area contributed by atoms with Crippen LogP contribution in [-0.4, -0.2) is 36.4 Å². The van der Waals surface area contributed by atoms with Crippen LogP contribution in [0, 0.1) is 5.82 Å². The molecule has 1 aliphatic rings. The number of aliphatic carboxylic acids is 1. The third kappa shape index (κ3) is 2.45. The summed E-state index contributed by atoms with van der Waals surface area (Å²) in [7, 11) is -4.19. The number of carbonyl (C=O) groups is 1. The molecule has 1 aromatic carbocycles. The van der Waals surface area contributed by atoms with E-state index >= 15 is 0 Å². The second-order valence-electron chi connectivity index (χ2n) is 4.16. The fraction of sp³-hybridized carbons (Fsp3) is 0.364. The molecule has 8 heteroatoms. The van der Waals surface area contributed by atoms with Gasteiger partial charge in [-0.15, -0.1) is 0 Å². The molecule has 1 N–H and O–H groups in total. The Hall–Kier alpha value is -1.18. The third-order valence-corrected chi connectivity index (χ3v) is 5.21. The number of sulfonamides is 1. The summed E-state index contributed by atoms with van der Waals surface area (Å²) in [6.07, 6.45) is 0.648. The Balaban J connectivity index is 2.48. The number of carboxylic acid groups (broad SMARTS) is 1. The lowest BCUT2D eigenvalue weighted by Crippen LogP contribution is -2.40. The van der Waals surface area contributed by atoms with Crippen LogP contribution < -0.4 is 0 Å². The summed E-state index contributed by atoms with van der Waals surface area (Å²) in [4.78, 5) is 10.4. The molecule has 0 aromatic heterocycles. The number of hydrogen-bond donors (Lipinski definition) is 1. The predicted molar refractivity (Wildman–Crippen MR) is 66.0 cm³/mol. The summed E-state index contributed by atoms with van der Waals surface area (Å²) in [5, 5.41) is 8.68. The van der Waals surface area contributed by atoms with Crippen molar-refractivity contribution >= 4 is 27.6 Å². The molecule has 1 aromatic rings. The van der Waals surface area contributed by atoms with Crippen molar-refractivity contribution in [2.45, 2.75) is 23.8 Å². The number of hydrogen-bond acceptors (Lipinski definition) is 3. The van der Waals surface area contributed by atoms with E-state index in [0.29, 0.717) is 6.42 Å². The van der Waals surface area contributed by atoms with Gasteiger partial charge < -0.3 is 5.11 Å². The van der Waals surface area contributed by atoms with Crippen LogP contribution in [0.1, 0.15) is 12.8 Å². The molecule has 0 unspecified atom stereocenters. The first kappa shape index (κ1) is 14.2. The first-order valence-electron chi connectivity index (χ1n) is 5.54. The van der Waals surface area contributed by atoms with E-state index in [9.17, 15) is 17.6 Å². The zero-order valence-corrected chi connectivity index (χ0v) is 11.3. The Morgan fingerprint density at radius 3 is 2.79 bits per heavy atom. The number of nitrogens with zero attached hydrogens (tertiary/aromatic N) is 1. The standard InChI is InChI=1S/C11H11ClFNO4S/c12-7-3-1-5-9(10(7)13)19(17,18)14-6-2-4-8(14)11(15)16/h1,3,5,8H,2,4,6H2,(H,15,16)/t8-/m1/s1. The van der Waals surface area contributed by atoms with Gasteiger partial charge >= 0.3 is 5.97 Å². The molecule has 0 bridgehead atoms. The topological polar surface area (TPSA) is 74.7 Å². The minimum atomic E-state index is -4.19. The SMILES string of the molecule is O=C(O)[C@H]1CCCN1S(=O)(=O)c1cccc(Cl)c1F. The van der Waals surface area contributed by atoms with Crippen LogP contribution in [0.5, 0.6) is 0 Å². The van der Waals surface area contributed by atoms with E-state index in [1.807, 2.05) is 0 Å². The van der Waals surface area contributed by atoms with Gasteiger partial charge in [0.1, 0.15) is 10.9 Å². The molecule has 1 atom stereocenters. The fourth-order valence-corrected chi connectivity index (χ4v) is 4.05. The van der Waals surface area contributed by atoms with Gasteiger partial charge in [0.2, 0.25) is 10.0 Å². The number of halogens is 2. The van der Waals surface area contributed by atoms with Crippen LogP contribution in [0.25, 0.3) is 0 Å². The van der Waals surface area contributed by atoms with Crippen molar-refractivity contribution in [2.75, 3.05) is 6.54 Å². The molecule has 1 fully saturated rings. The van der Waals surface area contributed by atoms with E-state index in [4.69, 9.17) is 16.7 Å². The quantitative estimate of drug-likeness (QED) is 0.922. The molecule has 1 aliphatic heterocycles. The Morgan fingerprint density at radius 2 is 2.16 bits per heavy atom. The average Bonchev–Trinajstić information content (AvgIpc) is 2.82. The molecular weight excluding hydrogens is 297 g/mol. The number of carboxylic acids is 1. The predicted octanol–water partition coefficient (Wildman–Crippen LogP) is 1.72. The first-order chi connectivity index (χ1) is 8.85. The minimum absolute atomic E-state index is 0.0608. The molecule has 5 nitrogen and oxygen atoms in total. The fourth-order valence-electron chi connectivity index (χ4n) is 2.08. The van der Waals surface area contributed by atoms with Gasteiger partial charge in [0.25, 0.3) is 0 Å². The summed E-state index contributed by atoms with van der Waals surface area (Å²) in [6.45, 7) is 0.0608. The van der Waals surface area contributed by atoms with Crippen LogP contribution in [0.3, 0.4) is 0 Å². The lowest BCUT2D eigenvalue weighted by molar-refractivity contribution is -0.140. The largest absolute Gasteiger partial charge is 0.480 e. The van der Waals surface area contributed by atoms with Gasteiger partial charge in [0.05, 0.1) is 5.02 Å². The number of benzene rings is 1. The smallest absolute Gasteiger partial charge is 0.322 e. The Bertz CT molecular complexity index is 619. The maximum absolute atomic E-state index is 13.8. The minimum Gasteiger partial charge on any atom is -0.480 e. The van der Waals surface area contributed by atoms with E-state index in [-0.39, 0.29) is 18.0 Å². The van der Waals surface area contributed by atoms with Gasteiger partial charge in [-0.25, -0.2) is 12.8 Å². The summed E-state index contributed by atoms with van der Waals surface area (Å²) in [5.74, 6) is -2.29. The molecule has 0 spiro atoms. The second-order valence-corrected chi connectivity index (χ2v) is 6.43. The van der Waals surface area contributed by atoms with Crippen LogP contribution in [0.15, 0.2) is 23.1 Å². The van der Waals surface area contributed by atoms with Crippen LogP contribution >= 0.6 is 11.6 Å². The zero-order valence-electron chi connectivity index (χ0n) is 9.71. The maximum atomic E-state index is 13.8. The van der Waals surface area contributed by atoms with Gasteiger partial charge in [-0.1, -0.05) is 17.7 Å². The van der Waals surface area contributed by atoms with E-state index in [1.165, 1.54) is 12.1 Å². The van der Waals surface area contributed by atoms with Gasteiger partial charge in [0.15, 0.2) is 5.82 Å². The van der Waals surface area contributed by atoms with Crippen molar-refractivity contribution in [2.24, 2.45) is 0 Å². The lowest BCUT2D eigenvalue weighted by Gasteiger charge is -2.21. The molecule has 1 saturated heterocycles. The summed E-state index contributed by atoms with van der Waals surface area (Å²) in [6, 6.07) is 2.47. The van der Waals surface area contributed by atoms with E-state index in [0.717, 1.165) is 10.4 Å². The first-order valence-corrected chi connectivity index (χ1v) is 7.36. The second kappa shape index (κ2) is 5.07. The third-order valence-electron chi connectivity index (χ3n) is 2.99. The Morgan fingerprint density at radius 1 is 1.47 bits per heavy atom. The lowest BCUT2D eigenvalue weighted by atomic mass is 10.2.